The minimum Gasteiger partial charge on any atom is -0.380 e. The number of alkyl halides is 3. The van der Waals surface area contributed by atoms with Gasteiger partial charge in [0.05, 0.1) is 19.6 Å². The van der Waals surface area contributed by atoms with Crippen LogP contribution in [0.2, 0.25) is 0 Å². The third-order valence-electron chi connectivity index (χ3n) is 2.01. The maximum atomic E-state index is 11.8. The Morgan fingerprint density at radius 1 is 1.19 bits per heavy atom. The summed E-state index contributed by atoms with van der Waals surface area (Å²) in [4.78, 5) is 0. The Balaban J connectivity index is 3.66. The van der Waals surface area contributed by atoms with Crippen LogP contribution in [0, 0.1) is 5.41 Å². The minimum absolute atomic E-state index is 0.143. The van der Waals surface area contributed by atoms with E-state index in [0.717, 1.165) is 6.54 Å². The van der Waals surface area contributed by atoms with Crippen molar-refractivity contribution in [3.63, 3.8) is 0 Å². The summed E-state index contributed by atoms with van der Waals surface area (Å²) in [5.74, 6) is 0. The van der Waals surface area contributed by atoms with Crippen molar-refractivity contribution in [2.45, 2.75) is 46.3 Å². The average molecular weight is 241 g/mol. The average Bonchev–Trinajstić information content (AvgIpc) is 2.08. The van der Waals surface area contributed by atoms with Gasteiger partial charge in [-0.2, -0.15) is 13.2 Å². The standard InChI is InChI=1S/C11H22F3NO/c1-9(2)15-7-10(3,4)8-16-6-5-11(12,13)14/h9,15H,5-8H2,1-4H3. The predicted octanol–water partition coefficient (Wildman–Crippen LogP) is 2.98. The molecule has 0 aromatic heterocycles. The zero-order valence-electron chi connectivity index (χ0n) is 10.4. The van der Waals surface area contributed by atoms with Crippen LogP contribution in [0.1, 0.15) is 34.1 Å². The number of hydrogen-bond acceptors (Lipinski definition) is 2. The summed E-state index contributed by atoms with van der Waals surface area (Å²) >= 11 is 0. The highest BCUT2D eigenvalue weighted by Gasteiger charge is 2.27. The first-order valence-electron chi connectivity index (χ1n) is 5.50. The topological polar surface area (TPSA) is 21.3 Å². The molecule has 0 bridgehead atoms. The molecule has 16 heavy (non-hydrogen) atoms. The highest BCUT2D eigenvalue weighted by molar-refractivity contribution is 4.72. The second-order valence-corrected chi connectivity index (χ2v) is 5.12. The normalized spacial score (nSPS) is 13.5. The van der Waals surface area contributed by atoms with Gasteiger partial charge in [0.2, 0.25) is 0 Å². The molecule has 0 amide bonds. The van der Waals surface area contributed by atoms with Crippen molar-refractivity contribution in [1.82, 2.24) is 5.32 Å². The van der Waals surface area contributed by atoms with Gasteiger partial charge >= 0.3 is 6.18 Å². The van der Waals surface area contributed by atoms with Crippen molar-refractivity contribution in [2.75, 3.05) is 19.8 Å². The molecular formula is C11H22F3NO. The SMILES string of the molecule is CC(C)NCC(C)(C)COCCC(F)(F)F. The molecule has 0 unspecified atom stereocenters. The number of ether oxygens (including phenoxy) is 1. The monoisotopic (exact) mass is 241 g/mol. The lowest BCUT2D eigenvalue weighted by atomic mass is 9.94. The molecule has 0 atom stereocenters. The fourth-order valence-corrected chi connectivity index (χ4v) is 1.07. The highest BCUT2D eigenvalue weighted by atomic mass is 19.4. The third kappa shape index (κ3) is 10.2. The number of hydrogen-bond donors (Lipinski definition) is 1. The molecular weight excluding hydrogens is 219 g/mol. The van der Waals surface area contributed by atoms with Crippen LogP contribution in [-0.4, -0.2) is 32.0 Å². The lowest BCUT2D eigenvalue weighted by Gasteiger charge is -2.26. The Hall–Kier alpha value is -0.290. The van der Waals surface area contributed by atoms with Gasteiger partial charge in [0.15, 0.2) is 0 Å². The van der Waals surface area contributed by atoms with Crippen molar-refractivity contribution >= 4 is 0 Å². The van der Waals surface area contributed by atoms with E-state index in [1.807, 2.05) is 27.7 Å². The summed E-state index contributed by atoms with van der Waals surface area (Å²) in [5.41, 5.74) is -0.143. The minimum atomic E-state index is -4.12. The van der Waals surface area contributed by atoms with Crippen LogP contribution < -0.4 is 5.32 Å². The number of rotatable bonds is 7. The Morgan fingerprint density at radius 2 is 1.75 bits per heavy atom. The van der Waals surface area contributed by atoms with Gasteiger partial charge in [-0.05, 0) is 0 Å². The molecule has 1 N–H and O–H groups in total. The van der Waals surface area contributed by atoms with E-state index < -0.39 is 12.6 Å². The van der Waals surface area contributed by atoms with Gasteiger partial charge in [0.25, 0.3) is 0 Å². The number of nitrogens with one attached hydrogen (secondary N) is 1. The van der Waals surface area contributed by atoms with E-state index in [9.17, 15) is 13.2 Å². The molecule has 0 fully saturated rings. The molecule has 0 rings (SSSR count). The Kier molecular flexibility index (Phi) is 6.33. The first-order valence-corrected chi connectivity index (χ1v) is 5.50. The Bertz CT molecular complexity index is 190. The molecule has 0 saturated carbocycles. The lowest BCUT2D eigenvalue weighted by molar-refractivity contribution is -0.147. The van der Waals surface area contributed by atoms with Crippen LogP contribution in [0.5, 0.6) is 0 Å². The second kappa shape index (κ2) is 6.45. The summed E-state index contributed by atoms with van der Waals surface area (Å²) in [6.45, 7) is 8.81. The quantitative estimate of drug-likeness (QED) is 0.692. The molecule has 0 heterocycles. The molecule has 0 aliphatic carbocycles. The van der Waals surface area contributed by atoms with Gasteiger partial charge in [0, 0.05) is 18.0 Å². The zero-order valence-corrected chi connectivity index (χ0v) is 10.4. The summed E-state index contributed by atoms with van der Waals surface area (Å²) in [6.07, 6.45) is -5.00. The van der Waals surface area contributed by atoms with E-state index in [1.165, 1.54) is 0 Å². The molecule has 0 aliphatic heterocycles. The molecule has 0 spiro atoms. The first-order chi connectivity index (χ1) is 7.12. The van der Waals surface area contributed by atoms with Gasteiger partial charge in [0.1, 0.15) is 0 Å². The maximum Gasteiger partial charge on any atom is 0.391 e. The fourth-order valence-electron chi connectivity index (χ4n) is 1.07. The van der Waals surface area contributed by atoms with Gasteiger partial charge in [-0.15, -0.1) is 0 Å². The van der Waals surface area contributed by atoms with E-state index in [-0.39, 0.29) is 12.0 Å². The second-order valence-electron chi connectivity index (χ2n) is 5.12. The van der Waals surface area contributed by atoms with Crippen LogP contribution in [0.4, 0.5) is 13.2 Å². The van der Waals surface area contributed by atoms with Gasteiger partial charge in [-0.25, -0.2) is 0 Å². The molecule has 5 heteroatoms. The van der Waals surface area contributed by atoms with Gasteiger partial charge in [-0.1, -0.05) is 27.7 Å². The molecule has 0 radical (unpaired) electrons. The Morgan fingerprint density at radius 3 is 2.19 bits per heavy atom. The summed E-state index contributed by atoms with van der Waals surface area (Å²) in [7, 11) is 0. The van der Waals surface area contributed by atoms with Crippen LogP contribution in [0.3, 0.4) is 0 Å². The summed E-state index contributed by atoms with van der Waals surface area (Å²) in [5, 5.41) is 3.24. The van der Waals surface area contributed by atoms with E-state index in [0.29, 0.717) is 12.6 Å². The molecule has 0 aromatic rings. The zero-order chi connectivity index (χ0) is 12.8. The van der Waals surface area contributed by atoms with Crippen LogP contribution in [0.25, 0.3) is 0 Å². The van der Waals surface area contributed by atoms with E-state index in [4.69, 9.17) is 4.74 Å². The molecule has 0 aliphatic rings. The maximum absolute atomic E-state index is 11.8. The van der Waals surface area contributed by atoms with Crippen molar-refractivity contribution in [3.05, 3.63) is 0 Å². The predicted molar refractivity (Wildman–Crippen MR) is 58.4 cm³/mol. The van der Waals surface area contributed by atoms with E-state index in [1.54, 1.807) is 0 Å². The van der Waals surface area contributed by atoms with Crippen molar-refractivity contribution in [2.24, 2.45) is 5.41 Å². The Labute approximate surface area is 95.5 Å². The largest absolute Gasteiger partial charge is 0.391 e. The van der Waals surface area contributed by atoms with Crippen molar-refractivity contribution < 1.29 is 17.9 Å². The summed E-state index contributed by atoms with van der Waals surface area (Å²) < 4.78 is 40.6. The van der Waals surface area contributed by atoms with Crippen LogP contribution in [-0.2, 0) is 4.74 Å². The smallest absolute Gasteiger partial charge is 0.380 e. The van der Waals surface area contributed by atoms with E-state index in [2.05, 4.69) is 5.32 Å². The third-order valence-corrected chi connectivity index (χ3v) is 2.01. The lowest BCUT2D eigenvalue weighted by Crippen LogP contribution is -2.36. The molecule has 2 nitrogen and oxygen atoms in total. The van der Waals surface area contributed by atoms with Gasteiger partial charge < -0.3 is 10.1 Å². The van der Waals surface area contributed by atoms with Crippen molar-refractivity contribution in [1.29, 1.82) is 0 Å². The fraction of sp³-hybridized carbons (Fsp3) is 1.00. The van der Waals surface area contributed by atoms with E-state index >= 15 is 0 Å². The van der Waals surface area contributed by atoms with Crippen molar-refractivity contribution in [3.8, 4) is 0 Å². The molecule has 98 valence electrons. The number of halogens is 3. The highest BCUT2D eigenvalue weighted by Crippen LogP contribution is 2.20. The summed E-state index contributed by atoms with van der Waals surface area (Å²) in [6, 6.07) is 0.370. The van der Waals surface area contributed by atoms with Gasteiger partial charge in [-0.3, -0.25) is 0 Å². The van der Waals surface area contributed by atoms with Crippen LogP contribution in [0.15, 0.2) is 0 Å². The molecule has 0 saturated heterocycles. The molecule has 0 aromatic carbocycles. The van der Waals surface area contributed by atoms with Crippen LogP contribution >= 0.6 is 0 Å². The first kappa shape index (κ1) is 15.7.